The van der Waals surface area contributed by atoms with Crippen LogP contribution in [0.5, 0.6) is 11.5 Å². The van der Waals surface area contributed by atoms with Crippen LogP contribution in [0.2, 0.25) is 0 Å². The van der Waals surface area contributed by atoms with Crippen molar-refractivity contribution in [3.63, 3.8) is 0 Å². The number of carbonyl (C=O) groups is 2. The number of nitrogens with zero attached hydrogens (tertiary/aromatic N) is 1. The Hall–Kier alpha value is -2.30. The highest BCUT2D eigenvalue weighted by molar-refractivity contribution is 6.12. The molecule has 0 aliphatic carbocycles. The van der Waals surface area contributed by atoms with Gasteiger partial charge in [-0.05, 0) is 18.2 Å². The third-order valence-corrected chi connectivity index (χ3v) is 2.72. The lowest BCUT2D eigenvalue weighted by Crippen LogP contribution is -2.29. The summed E-state index contributed by atoms with van der Waals surface area (Å²) >= 11 is 0. The van der Waals surface area contributed by atoms with Crippen LogP contribution < -0.4 is 9.47 Å². The summed E-state index contributed by atoms with van der Waals surface area (Å²) in [5, 5.41) is 0. The summed E-state index contributed by atoms with van der Waals surface area (Å²) in [6.45, 7) is 0.172. The van der Waals surface area contributed by atoms with Gasteiger partial charge in [-0.25, -0.2) is 0 Å². The average Bonchev–Trinajstić information content (AvgIpc) is 2.70. The van der Waals surface area contributed by atoms with Crippen LogP contribution in [-0.4, -0.2) is 30.9 Å². The summed E-state index contributed by atoms with van der Waals surface area (Å²) in [6.07, 6.45) is 2.52. The molecule has 0 saturated heterocycles. The van der Waals surface area contributed by atoms with Crippen LogP contribution in [0.3, 0.4) is 0 Å². The first kappa shape index (κ1) is 12.2. The van der Waals surface area contributed by atoms with Crippen molar-refractivity contribution in [2.24, 2.45) is 0 Å². The first-order chi connectivity index (χ1) is 8.65. The van der Waals surface area contributed by atoms with Gasteiger partial charge in [-0.15, -0.1) is 0 Å². The number of benzene rings is 1. The van der Waals surface area contributed by atoms with E-state index in [2.05, 4.69) is 0 Å². The van der Waals surface area contributed by atoms with Crippen LogP contribution in [0.1, 0.15) is 5.56 Å². The maximum atomic E-state index is 11.5. The van der Waals surface area contributed by atoms with Crippen molar-refractivity contribution >= 4 is 11.8 Å². The van der Waals surface area contributed by atoms with Gasteiger partial charge in [-0.3, -0.25) is 14.5 Å². The van der Waals surface area contributed by atoms with E-state index in [1.165, 1.54) is 19.3 Å². The highest BCUT2D eigenvalue weighted by atomic mass is 16.5. The molecule has 18 heavy (non-hydrogen) atoms. The lowest BCUT2D eigenvalue weighted by atomic mass is 10.1. The van der Waals surface area contributed by atoms with E-state index in [0.29, 0.717) is 11.5 Å². The molecule has 2 amide bonds. The molecule has 0 saturated carbocycles. The second kappa shape index (κ2) is 4.91. The molecule has 0 spiro atoms. The maximum absolute atomic E-state index is 11.5. The van der Waals surface area contributed by atoms with Crippen LogP contribution in [0.25, 0.3) is 0 Å². The van der Waals surface area contributed by atoms with Gasteiger partial charge >= 0.3 is 0 Å². The largest absolute Gasteiger partial charge is 0.497 e. The van der Waals surface area contributed by atoms with E-state index in [1.807, 2.05) is 0 Å². The van der Waals surface area contributed by atoms with Crippen LogP contribution in [0, 0.1) is 0 Å². The molecule has 1 aromatic rings. The van der Waals surface area contributed by atoms with Crippen molar-refractivity contribution < 1.29 is 19.1 Å². The Kier molecular flexibility index (Phi) is 3.32. The molecule has 1 aromatic carbocycles. The number of amides is 2. The van der Waals surface area contributed by atoms with E-state index in [1.54, 1.807) is 25.3 Å². The summed E-state index contributed by atoms with van der Waals surface area (Å²) in [4.78, 5) is 24.1. The van der Waals surface area contributed by atoms with Gasteiger partial charge < -0.3 is 9.47 Å². The maximum Gasteiger partial charge on any atom is 0.253 e. The lowest BCUT2D eigenvalue weighted by molar-refractivity contribution is -0.137. The van der Waals surface area contributed by atoms with Crippen molar-refractivity contribution in [1.82, 2.24) is 4.90 Å². The third-order valence-electron chi connectivity index (χ3n) is 2.72. The zero-order chi connectivity index (χ0) is 13.1. The summed E-state index contributed by atoms with van der Waals surface area (Å²) < 4.78 is 10.3. The summed E-state index contributed by atoms with van der Waals surface area (Å²) in [5.74, 6) is 0.635. The fraction of sp³-hybridized carbons (Fsp3) is 0.231. The van der Waals surface area contributed by atoms with Crippen LogP contribution >= 0.6 is 0 Å². The number of imide groups is 1. The van der Waals surface area contributed by atoms with Gasteiger partial charge in [-0.2, -0.15) is 0 Å². The van der Waals surface area contributed by atoms with E-state index in [9.17, 15) is 9.59 Å². The van der Waals surface area contributed by atoms with E-state index in [4.69, 9.17) is 9.47 Å². The lowest BCUT2D eigenvalue weighted by Gasteiger charge is -2.16. The Balaban J connectivity index is 2.27. The molecule has 94 valence electrons. The van der Waals surface area contributed by atoms with Gasteiger partial charge in [-0.1, -0.05) is 0 Å². The Morgan fingerprint density at radius 3 is 2.28 bits per heavy atom. The molecular weight excluding hydrogens is 234 g/mol. The van der Waals surface area contributed by atoms with Gasteiger partial charge in [0.15, 0.2) is 0 Å². The SMILES string of the molecule is COc1ccc(OC)c(CN2C(=O)C=CC2=O)c1. The first-order valence-electron chi connectivity index (χ1n) is 5.40. The second-order valence-corrected chi connectivity index (χ2v) is 3.77. The molecule has 0 radical (unpaired) electrons. The topological polar surface area (TPSA) is 55.8 Å². The van der Waals surface area contributed by atoms with E-state index < -0.39 is 0 Å². The fourth-order valence-electron chi connectivity index (χ4n) is 1.76. The Labute approximate surface area is 105 Å². The molecule has 0 aromatic heterocycles. The molecule has 1 aliphatic heterocycles. The average molecular weight is 247 g/mol. The number of methoxy groups -OCH3 is 2. The van der Waals surface area contributed by atoms with Crippen molar-refractivity contribution in [2.75, 3.05) is 14.2 Å². The minimum atomic E-state index is -0.315. The Morgan fingerprint density at radius 2 is 1.72 bits per heavy atom. The van der Waals surface area contributed by atoms with E-state index >= 15 is 0 Å². The zero-order valence-corrected chi connectivity index (χ0v) is 10.2. The van der Waals surface area contributed by atoms with Crippen LogP contribution in [0.15, 0.2) is 30.4 Å². The highest BCUT2D eigenvalue weighted by Gasteiger charge is 2.24. The number of carbonyl (C=O) groups excluding carboxylic acids is 2. The summed E-state index contributed by atoms with van der Waals surface area (Å²) in [7, 11) is 3.09. The summed E-state index contributed by atoms with van der Waals surface area (Å²) in [6, 6.07) is 5.25. The molecule has 5 nitrogen and oxygen atoms in total. The van der Waals surface area contributed by atoms with Gasteiger partial charge in [0, 0.05) is 17.7 Å². The molecule has 0 unspecified atom stereocenters. The number of hydrogen-bond acceptors (Lipinski definition) is 4. The molecule has 1 aliphatic rings. The van der Waals surface area contributed by atoms with Crippen molar-refractivity contribution in [3.8, 4) is 11.5 Å². The van der Waals surface area contributed by atoms with Gasteiger partial charge in [0.25, 0.3) is 11.8 Å². The minimum absolute atomic E-state index is 0.172. The molecule has 5 heteroatoms. The van der Waals surface area contributed by atoms with Gasteiger partial charge in [0.05, 0.1) is 20.8 Å². The smallest absolute Gasteiger partial charge is 0.253 e. The number of hydrogen-bond donors (Lipinski definition) is 0. The molecule has 0 bridgehead atoms. The predicted molar refractivity (Wildman–Crippen MR) is 64.2 cm³/mol. The third kappa shape index (κ3) is 2.20. The van der Waals surface area contributed by atoms with Crippen molar-refractivity contribution in [2.45, 2.75) is 6.54 Å². The van der Waals surface area contributed by atoms with Crippen LogP contribution in [-0.2, 0) is 16.1 Å². The van der Waals surface area contributed by atoms with Crippen LogP contribution in [0.4, 0.5) is 0 Å². The van der Waals surface area contributed by atoms with Gasteiger partial charge in [0.2, 0.25) is 0 Å². The predicted octanol–water partition coefficient (Wildman–Crippen LogP) is 1.13. The molecule has 2 rings (SSSR count). The first-order valence-corrected chi connectivity index (χ1v) is 5.40. The number of rotatable bonds is 4. The quantitative estimate of drug-likeness (QED) is 0.748. The molecule has 1 heterocycles. The van der Waals surface area contributed by atoms with E-state index in [0.717, 1.165) is 10.5 Å². The zero-order valence-electron chi connectivity index (χ0n) is 10.2. The Bertz CT molecular complexity index is 504. The molecular formula is C13H13NO4. The number of ether oxygens (including phenoxy) is 2. The molecule has 0 N–H and O–H groups in total. The molecule has 0 atom stereocenters. The van der Waals surface area contributed by atoms with Crippen molar-refractivity contribution in [3.05, 3.63) is 35.9 Å². The summed E-state index contributed by atoms with van der Waals surface area (Å²) in [5.41, 5.74) is 0.724. The monoisotopic (exact) mass is 247 g/mol. The standard InChI is InChI=1S/C13H13NO4/c1-17-10-3-4-11(18-2)9(7-10)8-14-12(15)5-6-13(14)16/h3-7H,8H2,1-2H3. The molecule has 0 fully saturated rings. The highest BCUT2D eigenvalue weighted by Crippen LogP contribution is 2.26. The fourth-order valence-corrected chi connectivity index (χ4v) is 1.76. The van der Waals surface area contributed by atoms with E-state index in [-0.39, 0.29) is 18.4 Å². The van der Waals surface area contributed by atoms with Crippen molar-refractivity contribution in [1.29, 1.82) is 0 Å². The Morgan fingerprint density at radius 1 is 1.06 bits per heavy atom. The second-order valence-electron chi connectivity index (χ2n) is 3.77. The minimum Gasteiger partial charge on any atom is -0.497 e. The normalized spacial score (nSPS) is 14.2. The van der Waals surface area contributed by atoms with Gasteiger partial charge in [0.1, 0.15) is 11.5 Å².